The summed E-state index contributed by atoms with van der Waals surface area (Å²) in [5.74, 6) is -0.912. The smallest absolute Gasteiger partial charge is 0.276 e. The number of benzene rings is 2. The van der Waals surface area contributed by atoms with Gasteiger partial charge in [-0.05, 0) is 36.2 Å². The van der Waals surface area contributed by atoms with Crippen molar-refractivity contribution in [2.45, 2.75) is 13.5 Å². The van der Waals surface area contributed by atoms with E-state index in [2.05, 4.69) is 10.4 Å². The van der Waals surface area contributed by atoms with Crippen LogP contribution >= 0.6 is 0 Å². The maximum absolute atomic E-state index is 13.6. The molecule has 0 unspecified atom stereocenters. The molecule has 0 saturated carbocycles. The van der Waals surface area contributed by atoms with Crippen molar-refractivity contribution in [3.63, 3.8) is 0 Å². The van der Waals surface area contributed by atoms with E-state index >= 15 is 0 Å². The van der Waals surface area contributed by atoms with Gasteiger partial charge in [-0.1, -0.05) is 36.4 Å². The lowest BCUT2D eigenvalue weighted by Gasteiger charge is -2.08. The summed E-state index contributed by atoms with van der Waals surface area (Å²) < 4.78 is 14.8. The van der Waals surface area contributed by atoms with Crippen LogP contribution in [-0.4, -0.2) is 15.7 Å². The monoisotopic (exact) mass is 337 g/mol. The number of rotatable bonds is 4. The highest BCUT2D eigenvalue weighted by Crippen LogP contribution is 2.14. The van der Waals surface area contributed by atoms with Crippen molar-refractivity contribution in [3.05, 3.63) is 93.7 Å². The SMILES string of the molecule is Cc1ccc(NC(=O)c2ccc(=O)n(Cc3ccccc3)n2)cc1F. The average molecular weight is 337 g/mol. The first-order chi connectivity index (χ1) is 12.0. The third-order valence-electron chi connectivity index (χ3n) is 3.70. The first-order valence-electron chi connectivity index (χ1n) is 7.72. The standard InChI is InChI=1S/C19H16FN3O2/c1-13-7-8-15(11-16(13)20)21-19(25)17-9-10-18(24)23(22-17)12-14-5-3-2-4-6-14/h2-11H,12H2,1H3,(H,21,25). The number of hydrogen-bond acceptors (Lipinski definition) is 3. The van der Waals surface area contributed by atoms with Crippen molar-refractivity contribution in [1.29, 1.82) is 0 Å². The molecule has 25 heavy (non-hydrogen) atoms. The van der Waals surface area contributed by atoms with Crippen molar-refractivity contribution in [1.82, 2.24) is 9.78 Å². The molecule has 0 aliphatic carbocycles. The molecule has 3 rings (SSSR count). The van der Waals surface area contributed by atoms with E-state index in [1.54, 1.807) is 19.1 Å². The second-order valence-corrected chi connectivity index (χ2v) is 5.62. The zero-order valence-corrected chi connectivity index (χ0v) is 13.6. The molecule has 6 heteroatoms. The Balaban J connectivity index is 1.82. The van der Waals surface area contributed by atoms with E-state index in [4.69, 9.17) is 0 Å². The number of anilines is 1. The molecule has 1 heterocycles. The predicted octanol–water partition coefficient (Wildman–Crippen LogP) is 2.99. The summed E-state index contributed by atoms with van der Waals surface area (Å²) in [6.07, 6.45) is 0. The number of halogens is 1. The van der Waals surface area contributed by atoms with Gasteiger partial charge < -0.3 is 5.32 Å². The van der Waals surface area contributed by atoms with Crippen LogP contribution in [0.15, 0.2) is 65.5 Å². The van der Waals surface area contributed by atoms with Gasteiger partial charge in [0.25, 0.3) is 11.5 Å². The highest BCUT2D eigenvalue weighted by molar-refractivity contribution is 6.02. The van der Waals surface area contributed by atoms with Gasteiger partial charge in [-0.15, -0.1) is 0 Å². The molecule has 0 atom stereocenters. The molecule has 1 amide bonds. The molecule has 0 bridgehead atoms. The molecule has 0 aliphatic rings. The van der Waals surface area contributed by atoms with Gasteiger partial charge in [0, 0.05) is 11.8 Å². The summed E-state index contributed by atoms with van der Waals surface area (Å²) in [4.78, 5) is 24.3. The predicted molar refractivity (Wildman–Crippen MR) is 93.1 cm³/mol. The molecular weight excluding hydrogens is 321 g/mol. The maximum atomic E-state index is 13.6. The molecule has 0 fully saturated rings. The first-order valence-corrected chi connectivity index (χ1v) is 7.72. The lowest BCUT2D eigenvalue weighted by atomic mass is 10.2. The zero-order valence-electron chi connectivity index (χ0n) is 13.6. The third kappa shape index (κ3) is 3.98. The Labute approximate surface area is 143 Å². The summed E-state index contributed by atoms with van der Waals surface area (Å²) in [5.41, 5.74) is 1.50. The van der Waals surface area contributed by atoms with Gasteiger partial charge in [-0.2, -0.15) is 5.10 Å². The molecule has 3 aromatic rings. The quantitative estimate of drug-likeness (QED) is 0.796. The van der Waals surface area contributed by atoms with E-state index in [9.17, 15) is 14.0 Å². The van der Waals surface area contributed by atoms with Gasteiger partial charge >= 0.3 is 0 Å². The van der Waals surface area contributed by atoms with E-state index in [1.165, 1.54) is 22.9 Å². The summed E-state index contributed by atoms with van der Waals surface area (Å²) in [5, 5.41) is 6.68. The lowest BCUT2D eigenvalue weighted by molar-refractivity contribution is 0.102. The Morgan fingerprint density at radius 1 is 1.12 bits per heavy atom. The molecular formula is C19H16FN3O2. The van der Waals surface area contributed by atoms with Crippen LogP contribution in [0.25, 0.3) is 0 Å². The molecule has 0 aliphatic heterocycles. The second-order valence-electron chi connectivity index (χ2n) is 5.62. The van der Waals surface area contributed by atoms with E-state index in [1.807, 2.05) is 30.3 Å². The number of aromatic nitrogens is 2. The Morgan fingerprint density at radius 3 is 2.60 bits per heavy atom. The summed E-state index contributed by atoms with van der Waals surface area (Å²) >= 11 is 0. The van der Waals surface area contributed by atoms with Crippen LogP contribution in [0.5, 0.6) is 0 Å². The molecule has 0 radical (unpaired) electrons. The first kappa shape index (κ1) is 16.6. The van der Waals surface area contributed by atoms with Crippen LogP contribution in [-0.2, 0) is 6.54 Å². The van der Waals surface area contributed by atoms with Gasteiger partial charge in [-0.25, -0.2) is 9.07 Å². The minimum Gasteiger partial charge on any atom is -0.320 e. The summed E-state index contributed by atoms with van der Waals surface area (Å²) in [6, 6.07) is 16.4. The van der Waals surface area contributed by atoms with E-state index in [0.29, 0.717) is 11.3 Å². The highest BCUT2D eigenvalue weighted by Gasteiger charge is 2.11. The number of amides is 1. The van der Waals surface area contributed by atoms with Crippen LogP contribution in [0.1, 0.15) is 21.6 Å². The van der Waals surface area contributed by atoms with Gasteiger partial charge in [0.2, 0.25) is 0 Å². The van der Waals surface area contributed by atoms with Gasteiger partial charge in [0.05, 0.1) is 6.54 Å². The van der Waals surface area contributed by atoms with Gasteiger partial charge in [0.1, 0.15) is 11.5 Å². The average Bonchev–Trinajstić information content (AvgIpc) is 2.61. The van der Waals surface area contributed by atoms with Crippen molar-refractivity contribution in [2.24, 2.45) is 0 Å². The number of carbonyl (C=O) groups excluding carboxylic acids is 1. The van der Waals surface area contributed by atoms with E-state index in [0.717, 1.165) is 5.56 Å². The van der Waals surface area contributed by atoms with Gasteiger partial charge in [0.15, 0.2) is 0 Å². The number of nitrogens with one attached hydrogen (secondary N) is 1. The molecule has 1 aromatic heterocycles. The number of carbonyl (C=O) groups is 1. The van der Waals surface area contributed by atoms with Crippen LogP contribution < -0.4 is 10.9 Å². The van der Waals surface area contributed by atoms with Crippen LogP contribution in [0.3, 0.4) is 0 Å². The topological polar surface area (TPSA) is 64.0 Å². The zero-order chi connectivity index (χ0) is 17.8. The Kier molecular flexibility index (Phi) is 4.70. The summed E-state index contributed by atoms with van der Waals surface area (Å²) in [7, 11) is 0. The molecule has 126 valence electrons. The van der Waals surface area contributed by atoms with E-state index < -0.39 is 11.7 Å². The molecule has 2 aromatic carbocycles. The van der Waals surface area contributed by atoms with Crippen LogP contribution in [0.2, 0.25) is 0 Å². The molecule has 5 nitrogen and oxygen atoms in total. The fraction of sp³-hybridized carbons (Fsp3) is 0.105. The minimum atomic E-state index is -0.509. The van der Waals surface area contributed by atoms with E-state index in [-0.39, 0.29) is 17.8 Å². The van der Waals surface area contributed by atoms with Crippen molar-refractivity contribution in [3.8, 4) is 0 Å². The molecule has 0 saturated heterocycles. The van der Waals surface area contributed by atoms with Crippen LogP contribution in [0, 0.1) is 12.7 Å². The largest absolute Gasteiger partial charge is 0.320 e. The van der Waals surface area contributed by atoms with Gasteiger partial charge in [-0.3, -0.25) is 9.59 Å². The fourth-order valence-electron chi connectivity index (χ4n) is 2.31. The maximum Gasteiger partial charge on any atom is 0.276 e. The summed E-state index contributed by atoms with van der Waals surface area (Å²) in [6.45, 7) is 1.90. The van der Waals surface area contributed by atoms with Crippen LogP contribution in [0.4, 0.5) is 10.1 Å². The van der Waals surface area contributed by atoms with Crippen molar-refractivity contribution >= 4 is 11.6 Å². The lowest BCUT2D eigenvalue weighted by Crippen LogP contribution is -2.26. The second kappa shape index (κ2) is 7.09. The Hall–Kier alpha value is -3.28. The molecule has 0 spiro atoms. The number of aryl methyl sites for hydroxylation is 1. The Bertz CT molecular complexity index is 968. The third-order valence-corrected chi connectivity index (χ3v) is 3.70. The van der Waals surface area contributed by atoms with Crippen molar-refractivity contribution < 1.29 is 9.18 Å². The Morgan fingerprint density at radius 2 is 1.88 bits per heavy atom. The van der Waals surface area contributed by atoms with Crippen molar-refractivity contribution in [2.75, 3.05) is 5.32 Å². The minimum absolute atomic E-state index is 0.0801. The highest BCUT2D eigenvalue weighted by atomic mass is 19.1. The number of nitrogens with zero attached hydrogens (tertiary/aromatic N) is 2. The number of hydrogen-bond donors (Lipinski definition) is 1. The normalized spacial score (nSPS) is 10.5. The molecule has 1 N–H and O–H groups in total. The fourth-order valence-corrected chi connectivity index (χ4v) is 2.31.